The minimum atomic E-state index is -0.784. The molecule has 3 aromatic rings. The van der Waals surface area contributed by atoms with Gasteiger partial charge in [-0.3, -0.25) is 4.79 Å². The number of nitrogens with zero attached hydrogens (tertiary/aromatic N) is 4. The lowest BCUT2D eigenvalue weighted by Crippen LogP contribution is -2.24. The Labute approximate surface area is 185 Å². The van der Waals surface area contributed by atoms with E-state index in [-0.39, 0.29) is 18.4 Å². The van der Waals surface area contributed by atoms with Crippen LogP contribution in [0.25, 0.3) is 10.9 Å². The zero-order chi connectivity index (χ0) is 21.7. The molecule has 0 bridgehead atoms. The largest absolute Gasteiger partial charge is 0.481 e. The van der Waals surface area contributed by atoms with Crippen LogP contribution in [0.1, 0.15) is 35.3 Å². The summed E-state index contributed by atoms with van der Waals surface area (Å²) in [5.74, 6) is -0.286. The van der Waals surface area contributed by atoms with Gasteiger partial charge < -0.3 is 9.67 Å². The van der Waals surface area contributed by atoms with Crippen LogP contribution in [-0.2, 0) is 24.2 Å². The van der Waals surface area contributed by atoms with E-state index in [1.165, 1.54) is 5.57 Å². The lowest BCUT2D eigenvalue weighted by atomic mass is 9.78. The molecule has 1 aliphatic heterocycles. The molecule has 32 heavy (non-hydrogen) atoms. The Morgan fingerprint density at radius 3 is 2.91 bits per heavy atom. The second-order valence-electron chi connectivity index (χ2n) is 8.79. The maximum atomic E-state index is 11.5. The van der Waals surface area contributed by atoms with Crippen molar-refractivity contribution in [2.45, 2.75) is 37.8 Å². The summed E-state index contributed by atoms with van der Waals surface area (Å²) in [6, 6.07) is 8.32. The van der Waals surface area contributed by atoms with E-state index in [0.717, 1.165) is 47.2 Å². The zero-order valence-corrected chi connectivity index (χ0v) is 17.6. The van der Waals surface area contributed by atoms with Gasteiger partial charge in [-0.1, -0.05) is 65.9 Å². The van der Waals surface area contributed by atoms with Crippen molar-refractivity contribution in [2.24, 2.45) is 5.92 Å². The topological polar surface area (TPSA) is 72.9 Å². The fourth-order valence-corrected chi connectivity index (χ4v) is 5.47. The Bertz CT molecular complexity index is 1340. The third kappa shape index (κ3) is 3.06. The van der Waals surface area contributed by atoms with Crippen LogP contribution in [0.15, 0.2) is 78.6 Å². The number of carbonyl (C=O) groups is 1. The molecule has 2 aromatic heterocycles. The van der Waals surface area contributed by atoms with E-state index >= 15 is 0 Å². The molecule has 0 spiro atoms. The molecule has 0 amide bonds. The molecular weight excluding hydrogens is 400 g/mol. The van der Waals surface area contributed by atoms with Crippen molar-refractivity contribution in [2.75, 3.05) is 0 Å². The van der Waals surface area contributed by atoms with Crippen molar-refractivity contribution in [3.8, 4) is 0 Å². The number of fused-ring (bicyclic) bond motifs is 4. The number of hydrogen-bond acceptors (Lipinski definition) is 3. The van der Waals surface area contributed by atoms with E-state index in [2.05, 4.69) is 69.7 Å². The monoisotopic (exact) mass is 424 g/mol. The van der Waals surface area contributed by atoms with E-state index in [9.17, 15) is 9.90 Å². The summed E-state index contributed by atoms with van der Waals surface area (Å²) in [6.07, 6.45) is 19.0. The lowest BCUT2D eigenvalue weighted by Gasteiger charge is -2.27. The quantitative estimate of drug-likeness (QED) is 0.675. The van der Waals surface area contributed by atoms with Crippen LogP contribution in [-0.4, -0.2) is 30.6 Å². The first-order valence-corrected chi connectivity index (χ1v) is 11.1. The molecule has 2 aliphatic carbocycles. The molecule has 1 N–H and O–H groups in total. The molecule has 1 aromatic carbocycles. The average molecular weight is 425 g/mol. The number of aliphatic carboxylic acids is 1. The standard InChI is InChI=1S/C26H24N4O2/c31-26(32)14-22-21-9-3-4-11-24(21)29-15-18(12-13-25(22)29)30-16-23(27-28-30)20-10-5-7-17-6-1-2-8-19(17)20/h1-11,16,18-20H,12-15H2,(H,31,32). The SMILES string of the molecule is O=C(O)Cc1c2n(c3ccccc13)CC(n1cc(C3C=CC=C4C=CC=CC43)nn1)CC2. The van der Waals surface area contributed by atoms with Crippen molar-refractivity contribution < 1.29 is 9.90 Å². The van der Waals surface area contributed by atoms with Gasteiger partial charge in [0, 0.05) is 41.2 Å². The van der Waals surface area contributed by atoms with Gasteiger partial charge in [0.2, 0.25) is 0 Å². The number of benzene rings is 1. The van der Waals surface area contributed by atoms with Crippen molar-refractivity contribution in [3.05, 3.63) is 95.5 Å². The van der Waals surface area contributed by atoms with Crippen molar-refractivity contribution in [3.63, 3.8) is 0 Å². The van der Waals surface area contributed by atoms with Gasteiger partial charge in [-0.25, -0.2) is 4.68 Å². The molecule has 0 saturated carbocycles. The molecule has 0 radical (unpaired) electrons. The summed E-state index contributed by atoms with van der Waals surface area (Å²) >= 11 is 0. The molecule has 3 unspecified atom stereocenters. The second-order valence-corrected chi connectivity index (χ2v) is 8.79. The van der Waals surface area contributed by atoms with Gasteiger partial charge in [0.25, 0.3) is 0 Å². The van der Waals surface area contributed by atoms with E-state index in [1.807, 2.05) is 22.9 Å². The second kappa shape index (κ2) is 7.48. The molecule has 6 heteroatoms. The third-order valence-electron chi connectivity index (χ3n) is 6.97. The first kappa shape index (κ1) is 19.0. The Balaban J connectivity index is 1.31. The van der Waals surface area contributed by atoms with Gasteiger partial charge >= 0.3 is 5.97 Å². The average Bonchev–Trinajstić information content (AvgIpc) is 3.42. The minimum absolute atomic E-state index is 0.0637. The molecule has 6 rings (SSSR count). The van der Waals surface area contributed by atoms with Crippen LogP contribution in [0.4, 0.5) is 0 Å². The summed E-state index contributed by atoms with van der Waals surface area (Å²) in [4.78, 5) is 11.5. The Hall–Kier alpha value is -3.67. The fraction of sp³-hybridized carbons (Fsp3) is 0.269. The smallest absolute Gasteiger partial charge is 0.307 e. The van der Waals surface area contributed by atoms with Crippen LogP contribution < -0.4 is 0 Å². The van der Waals surface area contributed by atoms with Gasteiger partial charge in [0.1, 0.15) is 0 Å². The van der Waals surface area contributed by atoms with Gasteiger partial charge in [-0.2, -0.15) is 0 Å². The summed E-state index contributed by atoms with van der Waals surface area (Å²) in [6.45, 7) is 0.774. The van der Waals surface area contributed by atoms with Crippen LogP contribution in [0.3, 0.4) is 0 Å². The molecule has 3 aliphatic rings. The Morgan fingerprint density at radius 1 is 1.12 bits per heavy atom. The summed E-state index contributed by atoms with van der Waals surface area (Å²) < 4.78 is 4.30. The fourth-order valence-electron chi connectivity index (χ4n) is 5.47. The number of allylic oxidation sites excluding steroid dienone is 8. The summed E-state index contributed by atoms with van der Waals surface area (Å²) in [5, 5.41) is 19.6. The van der Waals surface area contributed by atoms with Crippen LogP contribution in [0.2, 0.25) is 0 Å². The molecule has 0 saturated heterocycles. The molecule has 0 fully saturated rings. The van der Waals surface area contributed by atoms with Crippen LogP contribution in [0.5, 0.6) is 0 Å². The predicted octanol–water partition coefficient (Wildman–Crippen LogP) is 4.37. The van der Waals surface area contributed by atoms with Gasteiger partial charge in [-0.05, 0) is 30.0 Å². The maximum absolute atomic E-state index is 11.5. The molecule has 6 nitrogen and oxygen atoms in total. The molecule has 160 valence electrons. The predicted molar refractivity (Wildman–Crippen MR) is 122 cm³/mol. The highest BCUT2D eigenvalue weighted by atomic mass is 16.4. The minimum Gasteiger partial charge on any atom is -0.481 e. The highest BCUT2D eigenvalue weighted by Gasteiger charge is 2.30. The maximum Gasteiger partial charge on any atom is 0.307 e. The van der Waals surface area contributed by atoms with E-state index < -0.39 is 5.97 Å². The third-order valence-corrected chi connectivity index (χ3v) is 6.97. The van der Waals surface area contributed by atoms with E-state index in [0.29, 0.717) is 5.92 Å². The number of carboxylic acids is 1. The summed E-state index contributed by atoms with van der Waals surface area (Å²) in [5.41, 5.74) is 5.50. The number of carboxylic acid groups (broad SMARTS) is 1. The van der Waals surface area contributed by atoms with Gasteiger partial charge in [-0.15, -0.1) is 5.10 Å². The van der Waals surface area contributed by atoms with Gasteiger partial charge in [0.15, 0.2) is 0 Å². The summed E-state index contributed by atoms with van der Waals surface area (Å²) in [7, 11) is 0. The number of rotatable bonds is 4. The first-order chi connectivity index (χ1) is 15.7. The lowest BCUT2D eigenvalue weighted by molar-refractivity contribution is -0.136. The highest BCUT2D eigenvalue weighted by molar-refractivity contribution is 5.89. The first-order valence-electron chi connectivity index (χ1n) is 11.1. The van der Waals surface area contributed by atoms with Crippen molar-refractivity contribution >= 4 is 16.9 Å². The Morgan fingerprint density at radius 2 is 2.00 bits per heavy atom. The Kier molecular flexibility index (Phi) is 4.45. The van der Waals surface area contributed by atoms with Crippen LogP contribution >= 0.6 is 0 Å². The number of para-hydroxylation sites is 1. The number of hydrogen-bond donors (Lipinski definition) is 1. The van der Waals surface area contributed by atoms with Gasteiger partial charge in [0.05, 0.1) is 18.2 Å². The van der Waals surface area contributed by atoms with E-state index in [4.69, 9.17) is 0 Å². The highest BCUT2D eigenvalue weighted by Crippen LogP contribution is 2.38. The normalized spacial score (nSPS) is 23.8. The molecule has 3 heterocycles. The molecule has 3 atom stereocenters. The zero-order valence-electron chi connectivity index (χ0n) is 17.6. The number of aromatic nitrogens is 4. The molecular formula is C26H24N4O2. The van der Waals surface area contributed by atoms with E-state index in [1.54, 1.807) is 0 Å². The van der Waals surface area contributed by atoms with Crippen molar-refractivity contribution in [1.29, 1.82) is 0 Å². The van der Waals surface area contributed by atoms with Crippen LogP contribution in [0, 0.1) is 5.92 Å². The van der Waals surface area contributed by atoms with Crippen molar-refractivity contribution in [1.82, 2.24) is 19.6 Å².